The van der Waals surface area contributed by atoms with Gasteiger partial charge in [0.25, 0.3) is 0 Å². The normalized spacial score (nSPS) is 37.7. The van der Waals surface area contributed by atoms with Gasteiger partial charge in [-0.2, -0.15) is 0 Å². The molecule has 4 heteroatoms. The number of fused-ring (bicyclic) bond motifs is 2. The first-order chi connectivity index (χ1) is 11.8. The summed E-state index contributed by atoms with van der Waals surface area (Å²) >= 11 is 0. The summed E-state index contributed by atoms with van der Waals surface area (Å²) in [7, 11) is 0. The molecule has 25 heavy (non-hydrogen) atoms. The highest BCUT2D eigenvalue weighted by molar-refractivity contribution is 5.92. The Morgan fingerprint density at radius 2 is 1.92 bits per heavy atom. The molecule has 1 unspecified atom stereocenters. The van der Waals surface area contributed by atoms with Crippen molar-refractivity contribution in [2.45, 2.75) is 64.6 Å². The Morgan fingerprint density at radius 3 is 2.68 bits per heavy atom. The maximum Gasteiger partial charge on any atom is 0.334 e. The van der Waals surface area contributed by atoms with Crippen molar-refractivity contribution in [3.05, 3.63) is 47.1 Å². The van der Waals surface area contributed by atoms with Gasteiger partial charge in [0.2, 0.25) is 0 Å². The highest BCUT2D eigenvalue weighted by Crippen LogP contribution is 2.42. The molecule has 4 nitrogen and oxygen atoms in total. The molecule has 0 aromatic heterocycles. The van der Waals surface area contributed by atoms with Crippen molar-refractivity contribution in [2.75, 3.05) is 0 Å². The lowest BCUT2D eigenvalue weighted by molar-refractivity contribution is -0.143. The summed E-state index contributed by atoms with van der Waals surface area (Å²) in [6, 6.07) is 0. The quantitative estimate of drug-likeness (QED) is 0.376. The second-order valence-corrected chi connectivity index (χ2v) is 7.61. The number of hydrogen-bond acceptors (Lipinski definition) is 4. The van der Waals surface area contributed by atoms with E-state index in [1.54, 1.807) is 0 Å². The van der Waals surface area contributed by atoms with Crippen LogP contribution in [0.2, 0.25) is 0 Å². The van der Waals surface area contributed by atoms with Gasteiger partial charge >= 0.3 is 11.9 Å². The van der Waals surface area contributed by atoms with Gasteiger partial charge in [-0.15, -0.1) is 0 Å². The average molecular weight is 342 g/mol. The van der Waals surface area contributed by atoms with Crippen LogP contribution in [-0.2, 0) is 19.1 Å². The van der Waals surface area contributed by atoms with Gasteiger partial charge in [-0.1, -0.05) is 23.8 Å². The van der Waals surface area contributed by atoms with Gasteiger partial charge in [0, 0.05) is 23.5 Å². The van der Waals surface area contributed by atoms with Crippen molar-refractivity contribution in [3.63, 3.8) is 0 Å². The number of carbonyl (C=O) groups excluding carboxylic acids is 2. The van der Waals surface area contributed by atoms with Gasteiger partial charge in [-0.25, -0.2) is 9.59 Å². The van der Waals surface area contributed by atoms with E-state index in [4.69, 9.17) is 9.47 Å². The summed E-state index contributed by atoms with van der Waals surface area (Å²) in [6.45, 7) is 10.00. The molecular formula is C21H26O4. The Hall–Kier alpha value is -2.10. The van der Waals surface area contributed by atoms with Crippen LogP contribution in [0.25, 0.3) is 0 Å². The van der Waals surface area contributed by atoms with E-state index in [1.807, 2.05) is 26.0 Å². The molecule has 0 aromatic rings. The number of hydrogen-bond donors (Lipinski definition) is 0. The Morgan fingerprint density at radius 1 is 1.16 bits per heavy atom. The van der Waals surface area contributed by atoms with Crippen molar-refractivity contribution in [2.24, 2.45) is 5.92 Å². The Labute approximate surface area is 149 Å². The SMILES string of the molecule is C=C1C(=O)O[C@@]2(C)/C=C(\C)CC3C=C(CC/C=C(\C)CC[C@H]12)C(=O)O3. The molecule has 1 aliphatic carbocycles. The third-order valence-electron chi connectivity index (χ3n) is 5.38. The fourth-order valence-corrected chi connectivity index (χ4v) is 4.05. The average Bonchev–Trinajstić information content (AvgIpc) is 2.94. The van der Waals surface area contributed by atoms with Crippen molar-refractivity contribution in [3.8, 4) is 0 Å². The fraction of sp³-hybridized carbons (Fsp3) is 0.524. The van der Waals surface area contributed by atoms with E-state index >= 15 is 0 Å². The van der Waals surface area contributed by atoms with Crippen LogP contribution in [0.5, 0.6) is 0 Å². The topological polar surface area (TPSA) is 52.6 Å². The molecular weight excluding hydrogens is 316 g/mol. The lowest BCUT2D eigenvalue weighted by Gasteiger charge is -2.27. The van der Waals surface area contributed by atoms with E-state index in [2.05, 4.69) is 19.6 Å². The fourth-order valence-electron chi connectivity index (χ4n) is 4.05. The molecule has 0 N–H and O–H groups in total. The second kappa shape index (κ2) is 6.66. The molecule has 134 valence electrons. The van der Waals surface area contributed by atoms with E-state index in [0.29, 0.717) is 18.4 Å². The number of rotatable bonds is 0. The molecule has 3 aliphatic rings. The van der Waals surface area contributed by atoms with Crippen molar-refractivity contribution >= 4 is 11.9 Å². The van der Waals surface area contributed by atoms with E-state index in [1.165, 1.54) is 5.57 Å². The van der Waals surface area contributed by atoms with Gasteiger partial charge < -0.3 is 9.47 Å². The zero-order valence-corrected chi connectivity index (χ0v) is 15.3. The molecule has 1 saturated heterocycles. The molecule has 2 heterocycles. The van der Waals surface area contributed by atoms with Crippen LogP contribution < -0.4 is 0 Å². The minimum absolute atomic E-state index is 0.0292. The molecule has 2 aliphatic heterocycles. The van der Waals surface area contributed by atoms with Gasteiger partial charge in [-0.3, -0.25) is 0 Å². The maximum absolute atomic E-state index is 12.1. The summed E-state index contributed by atoms with van der Waals surface area (Å²) < 4.78 is 11.1. The Kier molecular flexibility index (Phi) is 4.72. The third kappa shape index (κ3) is 3.63. The molecule has 3 atom stereocenters. The van der Waals surface area contributed by atoms with Crippen molar-refractivity contribution < 1.29 is 19.1 Å². The minimum Gasteiger partial charge on any atom is -0.454 e. The van der Waals surface area contributed by atoms with E-state index in [9.17, 15) is 9.59 Å². The predicted octanol–water partition coefficient (Wildman–Crippen LogP) is 4.18. The number of ether oxygens (including phenoxy) is 2. The highest BCUT2D eigenvalue weighted by Gasteiger charge is 2.46. The summed E-state index contributed by atoms with van der Waals surface area (Å²) in [5, 5.41) is 0. The van der Waals surface area contributed by atoms with Crippen LogP contribution in [0.3, 0.4) is 0 Å². The van der Waals surface area contributed by atoms with E-state index in [-0.39, 0.29) is 24.0 Å². The van der Waals surface area contributed by atoms with Crippen LogP contribution in [0.15, 0.2) is 47.1 Å². The summed E-state index contributed by atoms with van der Waals surface area (Å²) in [6.07, 6.45) is 9.77. The molecule has 1 fully saturated rings. The maximum atomic E-state index is 12.1. The van der Waals surface area contributed by atoms with Gasteiger partial charge in [0.15, 0.2) is 0 Å². The second-order valence-electron chi connectivity index (χ2n) is 7.61. The predicted molar refractivity (Wildman–Crippen MR) is 95.7 cm³/mol. The number of carbonyl (C=O) groups is 2. The first kappa shape index (κ1) is 17.7. The van der Waals surface area contributed by atoms with Crippen molar-refractivity contribution in [1.82, 2.24) is 0 Å². The minimum atomic E-state index is -0.683. The van der Waals surface area contributed by atoms with Crippen LogP contribution in [-0.4, -0.2) is 23.6 Å². The number of allylic oxidation sites excluding steroid dienone is 2. The summed E-state index contributed by atoms with van der Waals surface area (Å²) in [5.41, 5.74) is 2.95. The van der Waals surface area contributed by atoms with E-state index in [0.717, 1.165) is 30.4 Å². The Balaban J connectivity index is 1.93. The van der Waals surface area contributed by atoms with Crippen LogP contribution in [0.1, 0.15) is 52.9 Å². The molecule has 0 radical (unpaired) electrons. The lowest BCUT2D eigenvalue weighted by Crippen LogP contribution is -2.30. The number of esters is 2. The molecule has 0 aromatic carbocycles. The standard InChI is InChI=1S/C21H26O4/c1-13-6-5-7-16-11-17(24-20(16)23)10-14(2)12-21(4)18(9-8-13)15(3)19(22)25-21/h6,11-12,17-18H,3,5,7-10H2,1-2,4H3/b13-6+,14-12+/t17?,18-,21+/m1/s1. The molecule has 0 saturated carbocycles. The van der Waals surface area contributed by atoms with Crippen LogP contribution >= 0.6 is 0 Å². The third-order valence-corrected chi connectivity index (χ3v) is 5.38. The largest absolute Gasteiger partial charge is 0.454 e. The summed E-state index contributed by atoms with van der Waals surface area (Å²) in [5.74, 6) is -0.543. The molecule has 2 bridgehead atoms. The molecule has 0 spiro atoms. The monoisotopic (exact) mass is 342 g/mol. The van der Waals surface area contributed by atoms with Crippen LogP contribution in [0, 0.1) is 5.92 Å². The first-order valence-corrected chi connectivity index (χ1v) is 8.96. The lowest BCUT2D eigenvalue weighted by atomic mass is 9.80. The van der Waals surface area contributed by atoms with Gasteiger partial charge in [-0.05, 0) is 58.6 Å². The Bertz CT molecular complexity index is 709. The van der Waals surface area contributed by atoms with Crippen LogP contribution in [0.4, 0.5) is 0 Å². The molecule has 3 rings (SSSR count). The molecule has 0 amide bonds. The first-order valence-electron chi connectivity index (χ1n) is 8.96. The summed E-state index contributed by atoms with van der Waals surface area (Å²) in [4.78, 5) is 24.1. The zero-order valence-electron chi connectivity index (χ0n) is 15.3. The zero-order chi connectivity index (χ0) is 18.2. The van der Waals surface area contributed by atoms with E-state index < -0.39 is 5.60 Å². The van der Waals surface area contributed by atoms with Gasteiger partial charge in [0.1, 0.15) is 11.7 Å². The highest BCUT2D eigenvalue weighted by atomic mass is 16.6. The smallest absolute Gasteiger partial charge is 0.334 e. The van der Waals surface area contributed by atoms with Crippen molar-refractivity contribution in [1.29, 1.82) is 0 Å². The van der Waals surface area contributed by atoms with Gasteiger partial charge in [0.05, 0.1) is 0 Å².